The molecule has 2 rings (SSSR count). The number of nitrogens with one attached hydrogen (secondary N) is 1. The zero-order valence-corrected chi connectivity index (χ0v) is 11.4. The van der Waals surface area contributed by atoms with Gasteiger partial charge in [-0.05, 0) is 19.1 Å². The molecule has 18 heavy (non-hydrogen) atoms. The lowest BCUT2D eigenvalue weighted by Gasteiger charge is -2.08. The highest BCUT2D eigenvalue weighted by Crippen LogP contribution is 2.15. The van der Waals surface area contributed by atoms with Crippen molar-refractivity contribution in [3.05, 3.63) is 42.2 Å². The SMILES string of the molecule is Cc1cn(-c2ccccc2)c(NCCS(C)=O)n1. The lowest BCUT2D eigenvalue weighted by atomic mass is 10.3. The van der Waals surface area contributed by atoms with E-state index in [1.54, 1.807) is 6.26 Å². The van der Waals surface area contributed by atoms with E-state index in [0.717, 1.165) is 17.3 Å². The van der Waals surface area contributed by atoms with E-state index in [4.69, 9.17) is 0 Å². The molecule has 1 N–H and O–H groups in total. The van der Waals surface area contributed by atoms with E-state index >= 15 is 0 Å². The van der Waals surface area contributed by atoms with Gasteiger partial charge in [-0.2, -0.15) is 0 Å². The van der Waals surface area contributed by atoms with Gasteiger partial charge in [0.25, 0.3) is 0 Å². The van der Waals surface area contributed by atoms with Gasteiger partial charge in [-0.25, -0.2) is 4.98 Å². The Hall–Kier alpha value is -1.62. The molecule has 96 valence electrons. The Morgan fingerprint density at radius 1 is 1.33 bits per heavy atom. The van der Waals surface area contributed by atoms with Crippen molar-refractivity contribution in [1.82, 2.24) is 9.55 Å². The summed E-state index contributed by atoms with van der Waals surface area (Å²) in [6.45, 7) is 2.62. The van der Waals surface area contributed by atoms with Crippen molar-refractivity contribution < 1.29 is 4.21 Å². The molecule has 0 aliphatic heterocycles. The molecule has 1 aromatic carbocycles. The Balaban J connectivity index is 2.18. The number of anilines is 1. The Labute approximate surface area is 110 Å². The summed E-state index contributed by atoms with van der Waals surface area (Å²) >= 11 is 0. The average molecular weight is 263 g/mol. The molecule has 1 aromatic heterocycles. The molecule has 0 bridgehead atoms. The molecular formula is C13H17N3OS. The van der Waals surface area contributed by atoms with Gasteiger partial charge in [0.15, 0.2) is 0 Å². The van der Waals surface area contributed by atoms with Crippen LogP contribution < -0.4 is 5.32 Å². The maximum absolute atomic E-state index is 11.0. The molecule has 5 heteroatoms. The zero-order valence-electron chi connectivity index (χ0n) is 10.6. The van der Waals surface area contributed by atoms with E-state index in [9.17, 15) is 4.21 Å². The average Bonchev–Trinajstić information content (AvgIpc) is 2.71. The summed E-state index contributed by atoms with van der Waals surface area (Å²) in [4.78, 5) is 4.44. The standard InChI is InChI=1S/C13H17N3OS/c1-11-10-16(12-6-4-3-5-7-12)13(15-11)14-8-9-18(2)17/h3-7,10H,8-9H2,1-2H3,(H,14,15). The first kappa shape index (κ1) is 12.8. The Kier molecular flexibility index (Phi) is 4.15. The van der Waals surface area contributed by atoms with Crippen LogP contribution in [0.25, 0.3) is 5.69 Å². The second kappa shape index (κ2) is 5.82. The molecule has 0 amide bonds. The van der Waals surface area contributed by atoms with E-state index in [-0.39, 0.29) is 0 Å². The van der Waals surface area contributed by atoms with Crippen molar-refractivity contribution in [3.8, 4) is 5.69 Å². The minimum absolute atomic E-state index is 0.626. The van der Waals surface area contributed by atoms with Crippen LogP contribution in [-0.2, 0) is 10.8 Å². The van der Waals surface area contributed by atoms with Gasteiger partial charge in [0.2, 0.25) is 5.95 Å². The summed E-state index contributed by atoms with van der Waals surface area (Å²) in [5, 5.41) is 3.22. The van der Waals surface area contributed by atoms with Crippen LogP contribution in [-0.4, -0.2) is 32.3 Å². The minimum Gasteiger partial charge on any atom is -0.354 e. The summed E-state index contributed by atoms with van der Waals surface area (Å²) in [6.07, 6.45) is 3.69. The number of imidazole rings is 1. The number of rotatable bonds is 5. The van der Waals surface area contributed by atoms with Gasteiger partial charge in [0.1, 0.15) is 0 Å². The predicted molar refractivity (Wildman–Crippen MR) is 75.7 cm³/mol. The van der Waals surface area contributed by atoms with E-state index in [1.807, 2.05) is 48.0 Å². The monoisotopic (exact) mass is 263 g/mol. The molecule has 4 nitrogen and oxygen atoms in total. The molecule has 1 unspecified atom stereocenters. The lowest BCUT2D eigenvalue weighted by molar-refractivity contribution is 0.687. The quantitative estimate of drug-likeness (QED) is 0.897. The number of benzene rings is 1. The van der Waals surface area contributed by atoms with E-state index in [2.05, 4.69) is 10.3 Å². The fourth-order valence-corrected chi connectivity index (χ4v) is 2.10. The summed E-state index contributed by atoms with van der Waals surface area (Å²) in [5.41, 5.74) is 2.03. The fourth-order valence-electron chi connectivity index (χ4n) is 1.71. The van der Waals surface area contributed by atoms with E-state index in [0.29, 0.717) is 12.3 Å². The number of para-hydroxylation sites is 1. The summed E-state index contributed by atoms with van der Waals surface area (Å²) < 4.78 is 13.0. The van der Waals surface area contributed by atoms with Crippen LogP contribution in [0.4, 0.5) is 5.95 Å². The molecule has 2 aromatic rings. The zero-order chi connectivity index (χ0) is 13.0. The highest BCUT2D eigenvalue weighted by molar-refractivity contribution is 7.84. The van der Waals surface area contributed by atoms with E-state index in [1.165, 1.54) is 0 Å². The second-order valence-corrected chi connectivity index (χ2v) is 5.67. The molecule has 0 aliphatic carbocycles. The third-order valence-electron chi connectivity index (χ3n) is 2.53. The second-order valence-electron chi connectivity index (χ2n) is 4.12. The molecule has 0 saturated heterocycles. The van der Waals surface area contributed by atoms with Crippen molar-refractivity contribution in [2.75, 3.05) is 23.9 Å². The van der Waals surface area contributed by atoms with Crippen LogP contribution in [0.1, 0.15) is 5.69 Å². The first-order chi connectivity index (χ1) is 8.66. The van der Waals surface area contributed by atoms with Crippen molar-refractivity contribution in [3.63, 3.8) is 0 Å². The number of hydrogen-bond donors (Lipinski definition) is 1. The Bertz CT molecular complexity index is 536. The van der Waals surface area contributed by atoms with Gasteiger partial charge in [0, 0.05) is 41.2 Å². The highest BCUT2D eigenvalue weighted by Gasteiger charge is 2.06. The first-order valence-electron chi connectivity index (χ1n) is 5.82. The highest BCUT2D eigenvalue weighted by atomic mass is 32.2. The van der Waals surface area contributed by atoms with Crippen molar-refractivity contribution in [2.45, 2.75) is 6.92 Å². The number of hydrogen-bond acceptors (Lipinski definition) is 3. The molecule has 0 radical (unpaired) electrons. The third kappa shape index (κ3) is 3.20. The predicted octanol–water partition coefficient (Wildman–Crippen LogP) is 1.97. The molecule has 0 aliphatic rings. The van der Waals surface area contributed by atoms with Gasteiger partial charge in [-0.3, -0.25) is 8.78 Å². The molecule has 0 fully saturated rings. The summed E-state index contributed by atoms with van der Waals surface area (Å²) in [6, 6.07) is 10.0. The molecular weight excluding hydrogens is 246 g/mol. The number of nitrogens with zero attached hydrogens (tertiary/aromatic N) is 2. The van der Waals surface area contributed by atoms with Crippen molar-refractivity contribution in [2.24, 2.45) is 0 Å². The van der Waals surface area contributed by atoms with Crippen molar-refractivity contribution >= 4 is 16.7 Å². The normalized spacial score (nSPS) is 12.3. The lowest BCUT2D eigenvalue weighted by Crippen LogP contribution is -2.13. The molecule has 0 spiro atoms. The van der Waals surface area contributed by atoms with E-state index < -0.39 is 10.8 Å². The van der Waals surface area contributed by atoms with Crippen LogP contribution in [0.15, 0.2) is 36.5 Å². The van der Waals surface area contributed by atoms with Crippen LogP contribution in [0.2, 0.25) is 0 Å². The number of aromatic nitrogens is 2. The van der Waals surface area contributed by atoms with Crippen LogP contribution in [0.5, 0.6) is 0 Å². The Morgan fingerprint density at radius 3 is 2.72 bits per heavy atom. The van der Waals surface area contributed by atoms with Crippen LogP contribution >= 0.6 is 0 Å². The fraction of sp³-hybridized carbons (Fsp3) is 0.308. The third-order valence-corrected chi connectivity index (χ3v) is 3.31. The topological polar surface area (TPSA) is 46.9 Å². The number of aryl methyl sites for hydroxylation is 1. The van der Waals surface area contributed by atoms with Gasteiger partial charge in [-0.15, -0.1) is 0 Å². The molecule has 0 saturated carbocycles. The van der Waals surface area contributed by atoms with Gasteiger partial charge < -0.3 is 5.32 Å². The van der Waals surface area contributed by atoms with Gasteiger partial charge in [-0.1, -0.05) is 18.2 Å². The van der Waals surface area contributed by atoms with Crippen LogP contribution in [0, 0.1) is 6.92 Å². The minimum atomic E-state index is -0.783. The van der Waals surface area contributed by atoms with Crippen LogP contribution in [0.3, 0.4) is 0 Å². The summed E-state index contributed by atoms with van der Waals surface area (Å²) in [5.74, 6) is 1.42. The smallest absolute Gasteiger partial charge is 0.207 e. The maximum Gasteiger partial charge on any atom is 0.207 e. The van der Waals surface area contributed by atoms with Crippen molar-refractivity contribution in [1.29, 1.82) is 0 Å². The van der Waals surface area contributed by atoms with Gasteiger partial charge >= 0.3 is 0 Å². The first-order valence-corrected chi connectivity index (χ1v) is 7.55. The molecule has 1 heterocycles. The Morgan fingerprint density at radius 2 is 2.06 bits per heavy atom. The largest absolute Gasteiger partial charge is 0.354 e. The van der Waals surface area contributed by atoms with Gasteiger partial charge in [0.05, 0.1) is 5.69 Å². The maximum atomic E-state index is 11.0. The summed E-state index contributed by atoms with van der Waals surface area (Å²) in [7, 11) is -0.783. The molecule has 1 atom stereocenters.